The number of halogens is 4. The Kier molecular flexibility index (Phi) is 8.21. The normalized spacial score (nSPS) is 30.1. The first-order valence-electron chi connectivity index (χ1n) is 14.7. The first-order valence-corrected chi connectivity index (χ1v) is 14.7. The predicted octanol–water partition coefficient (Wildman–Crippen LogP) is 4.40. The molecule has 3 fully saturated rings. The number of carbonyl (C=O) groups excluding carboxylic acids is 2. The second-order valence-electron chi connectivity index (χ2n) is 12.6. The number of nitrogens with zero attached hydrogens (tertiary/aromatic N) is 2. The number of allylic oxidation sites excluding steroid dienone is 3. The standard InChI is InChI=1S/C31H39F4N3O4/c1-28(26(36)40)17-23(39)18-38(28)27(41)30(32)14-3-2-5-25(30)22-6-8-24(9-7-22)42-19-21-10-15-37(16-11-21)20-29(12-4-13-29)31(33,34)35/h2-3,5-9,21,23,39H,4,10-20H2,1H3,(H2,36,40)/t23-,28+,30?/m1/s1. The molecule has 2 heterocycles. The van der Waals surface area contributed by atoms with Crippen LogP contribution >= 0.6 is 0 Å². The number of hydrogen-bond donors (Lipinski definition) is 2. The third-order valence-corrected chi connectivity index (χ3v) is 9.76. The molecular weight excluding hydrogens is 554 g/mol. The van der Waals surface area contributed by atoms with E-state index in [0.29, 0.717) is 37.4 Å². The Balaban J connectivity index is 1.18. The van der Waals surface area contributed by atoms with Crippen molar-refractivity contribution in [2.75, 3.05) is 32.8 Å². The van der Waals surface area contributed by atoms with Gasteiger partial charge in [0, 0.05) is 31.5 Å². The zero-order chi connectivity index (χ0) is 30.3. The van der Waals surface area contributed by atoms with E-state index in [-0.39, 0.29) is 50.3 Å². The Morgan fingerprint density at radius 1 is 1.14 bits per heavy atom. The summed E-state index contributed by atoms with van der Waals surface area (Å²) >= 11 is 0. The van der Waals surface area contributed by atoms with Crippen LogP contribution in [0.2, 0.25) is 0 Å². The first kappa shape index (κ1) is 30.5. The smallest absolute Gasteiger partial charge is 0.395 e. The van der Waals surface area contributed by atoms with Crippen molar-refractivity contribution < 1.29 is 37.0 Å². The lowest BCUT2D eigenvalue weighted by atomic mass is 9.67. The Morgan fingerprint density at radius 2 is 1.81 bits per heavy atom. The van der Waals surface area contributed by atoms with Gasteiger partial charge < -0.3 is 25.4 Å². The Morgan fingerprint density at radius 3 is 2.38 bits per heavy atom. The number of hydrogen-bond acceptors (Lipinski definition) is 5. The van der Waals surface area contributed by atoms with Gasteiger partial charge in [-0.3, -0.25) is 9.59 Å². The minimum absolute atomic E-state index is 0.0571. The maximum absolute atomic E-state index is 16.6. The molecule has 2 aliphatic carbocycles. The Hall–Kier alpha value is -2.92. The summed E-state index contributed by atoms with van der Waals surface area (Å²) in [6, 6.07) is 6.74. The van der Waals surface area contributed by atoms with Gasteiger partial charge in [-0.1, -0.05) is 36.8 Å². The summed E-state index contributed by atoms with van der Waals surface area (Å²) in [6.07, 6.45) is 1.92. The number of aliphatic hydroxyl groups excluding tert-OH is 1. The zero-order valence-electron chi connectivity index (χ0n) is 23.8. The molecule has 0 aromatic heterocycles. The van der Waals surface area contributed by atoms with E-state index in [4.69, 9.17) is 10.5 Å². The van der Waals surface area contributed by atoms with Crippen molar-refractivity contribution >= 4 is 17.4 Å². The summed E-state index contributed by atoms with van der Waals surface area (Å²) in [5, 5.41) is 10.2. The van der Waals surface area contributed by atoms with Gasteiger partial charge in [0.1, 0.15) is 11.3 Å². The van der Waals surface area contributed by atoms with Crippen molar-refractivity contribution in [3.05, 3.63) is 48.1 Å². The Labute approximate surface area is 243 Å². The van der Waals surface area contributed by atoms with Crippen LogP contribution in [0.3, 0.4) is 0 Å². The summed E-state index contributed by atoms with van der Waals surface area (Å²) in [5.74, 6) is -0.926. The molecule has 230 valence electrons. The molecule has 1 aromatic rings. The number of primary amides is 1. The molecule has 0 spiro atoms. The molecule has 1 saturated carbocycles. The molecular formula is C31H39F4N3O4. The van der Waals surface area contributed by atoms with Crippen molar-refractivity contribution in [1.29, 1.82) is 0 Å². The highest BCUT2D eigenvalue weighted by Gasteiger charge is 2.59. The molecule has 0 radical (unpaired) electrons. The van der Waals surface area contributed by atoms with Gasteiger partial charge in [-0.05, 0) is 69.3 Å². The fraction of sp³-hybridized carbons (Fsp3) is 0.613. The van der Waals surface area contributed by atoms with E-state index in [1.54, 1.807) is 36.4 Å². The molecule has 1 unspecified atom stereocenters. The Bertz CT molecular complexity index is 1240. The van der Waals surface area contributed by atoms with E-state index < -0.39 is 40.7 Å². The van der Waals surface area contributed by atoms with E-state index in [9.17, 15) is 27.9 Å². The van der Waals surface area contributed by atoms with Gasteiger partial charge in [-0.25, -0.2) is 4.39 Å². The summed E-state index contributed by atoms with van der Waals surface area (Å²) in [7, 11) is 0. The summed E-state index contributed by atoms with van der Waals surface area (Å²) in [5.41, 5.74) is 0.681. The highest BCUT2D eigenvalue weighted by Crippen LogP contribution is 2.53. The number of aliphatic hydroxyl groups is 1. The van der Waals surface area contributed by atoms with E-state index in [1.165, 1.54) is 13.0 Å². The molecule has 2 amide bonds. The number of nitrogens with two attached hydrogens (primary N) is 1. The number of piperidine rings is 1. The maximum atomic E-state index is 16.6. The maximum Gasteiger partial charge on any atom is 0.395 e. The number of amides is 2. The minimum Gasteiger partial charge on any atom is -0.493 e. The van der Waals surface area contributed by atoms with Crippen molar-refractivity contribution in [2.45, 2.75) is 75.4 Å². The van der Waals surface area contributed by atoms with Gasteiger partial charge in [0.15, 0.2) is 0 Å². The van der Waals surface area contributed by atoms with Gasteiger partial charge in [0.25, 0.3) is 5.91 Å². The van der Waals surface area contributed by atoms with Crippen LogP contribution in [-0.4, -0.2) is 83.0 Å². The highest BCUT2D eigenvalue weighted by atomic mass is 19.4. The van der Waals surface area contributed by atoms with Crippen molar-refractivity contribution in [1.82, 2.24) is 9.80 Å². The average molecular weight is 594 g/mol. The van der Waals surface area contributed by atoms with Gasteiger partial charge in [-0.2, -0.15) is 13.2 Å². The van der Waals surface area contributed by atoms with Gasteiger partial charge in [0.05, 0.1) is 18.1 Å². The van der Waals surface area contributed by atoms with Crippen LogP contribution in [0.4, 0.5) is 17.6 Å². The molecule has 3 atom stereocenters. The topological polar surface area (TPSA) is 96.1 Å². The highest BCUT2D eigenvalue weighted by molar-refractivity contribution is 6.03. The van der Waals surface area contributed by atoms with Gasteiger partial charge in [0.2, 0.25) is 11.6 Å². The third kappa shape index (κ3) is 5.57. The number of rotatable bonds is 8. The van der Waals surface area contributed by atoms with Crippen LogP contribution in [0.1, 0.15) is 57.4 Å². The molecule has 4 aliphatic rings. The van der Waals surface area contributed by atoms with Crippen molar-refractivity contribution in [3.63, 3.8) is 0 Å². The third-order valence-electron chi connectivity index (χ3n) is 9.76. The number of ether oxygens (including phenoxy) is 1. The molecule has 3 N–H and O–H groups in total. The molecule has 7 nitrogen and oxygen atoms in total. The molecule has 42 heavy (non-hydrogen) atoms. The van der Waals surface area contributed by atoms with Crippen LogP contribution in [0, 0.1) is 11.3 Å². The summed E-state index contributed by atoms with van der Waals surface area (Å²) in [4.78, 5) is 28.7. The molecule has 0 bridgehead atoms. The predicted molar refractivity (Wildman–Crippen MR) is 149 cm³/mol. The van der Waals surface area contributed by atoms with Crippen LogP contribution in [-0.2, 0) is 9.59 Å². The fourth-order valence-electron chi connectivity index (χ4n) is 6.78. The average Bonchev–Trinajstić information content (AvgIpc) is 3.24. The van der Waals surface area contributed by atoms with E-state index >= 15 is 4.39 Å². The molecule has 2 saturated heterocycles. The second kappa shape index (κ2) is 11.3. The number of likely N-dealkylation sites (tertiary alicyclic amines) is 2. The molecule has 1 aromatic carbocycles. The molecule has 2 aliphatic heterocycles. The number of alkyl halides is 4. The van der Waals surface area contributed by atoms with E-state index in [1.807, 2.05) is 4.90 Å². The SMILES string of the molecule is C[C@@]1(C(N)=O)C[C@@H](O)CN1C(=O)C1(F)CC=CC=C1c1ccc(OCC2CCN(CC3(C(F)(F)F)CCC3)CC2)cc1. The first-order chi connectivity index (χ1) is 19.8. The number of carbonyl (C=O) groups is 2. The van der Waals surface area contributed by atoms with Crippen LogP contribution in [0.25, 0.3) is 5.57 Å². The quantitative estimate of drug-likeness (QED) is 0.436. The van der Waals surface area contributed by atoms with Crippen molar-refractivity contribution in [2.24, 2.45) is 17.1 Å². The van der Waals surface area contributed by atoms with Gasteiger partial charge in [-0.15, -0.1) is 0 Å². The lowest BCUT2D eigenvalue weighted by Crippen LogP contribution is -2.58. The summed E-state index contributed by atoms with van der Waals surface area (Å²) < 4.78 is 63.2. The zero-order valence-corrected chi connectivity index (χ0v) is 23.8. The summed E-state index contributed by atoms with van der Waals surface area (Å²) in [6.45, 7) is 2.99. The van der Waals surface area contributed by atoms with Crippen LogP contribution in [0.5, 0.6) is 5.75 Å². The largest absolute Gasteiger partial charge is 0.493 e. The van der Waals surface area contributed by atoms with Gasteiger partial charge >= 0.3 is 6.18 Å². The number of β-amino-alcohol motifs (C(OH)–C–C–N with tert-alkyl or cyclic N) is 1. The molecule has 5 rings (SSSR count). The second-order valence-corrected chi connectivity index (χ2v) is 12.6. The van der Waals surface area contributed by atoms with E-state index in [2.05, 4.69) is 0 Å². The van der Waals surface area contributed by atoms with Crippen LogP contribution < -0.4 is 10.5 Å². The fourth-order valence-corrected chi connectivity index (χ4v) is 6.78. The molecule has 11 heteroatoms. The minimum atomic E-state index is -4.16. The van der Waals surface area contributed by atoms with Crippen molar-refractivity contribution in [3.8, 4) is 5.75 Å². The van der Waals surface area contributed by atoms with E-state index in [0.717, 1.165) is 17.7 Å². The monoisotopic (exact) mass is 593 g/mol. The lowest BCUT2D eigenvalue weighted by Gasteiger charge is -2.47. The number of benzene rings is 1. The lowest BCUT2D eigenvalue weighted by molar-refractivity contribution is -0.256. The van der Waals surface area contributed by atoms with Crippen LogP contribution in [0.15, 0.2) is 42.5 Å².